The first-order valence-corrected chi connectivity index (χ1v) is 7.31. The van der Waals surface area contributed by atoms with Gasteiger partial charge in [-0.15, -0.1) is 0 Å². The zero-order chi connectivity index (χ0) is 15.9. The molecule has 0 aliphatic heterocycles. The van der Waals surface area contributed by atoms with E-state index in [2.05, 4.69) is 0 Å². The van der Waals surface area contributed by atoms with Crippen molar-refractivity contribution >= 4 is 17.2 Å². The van der Waals surface area contributed by atoms with Gasteiger partial charge in [0.05, 0.1) is 12.7 Å². The molecule has 0 amide bonds. The Morgan fingerprint density at radius 1 is 1.00 bits per heavy atom. The van der Waals surface area contributed by atoms with Crippen molar-refractivity contribution in [3.8, 4) is 17.2 Å². The number of thiocarbonyl (C=S) groups is 1. The third kappa shape index (κ3) is 4.36. The average molecular weight is 317 g/mol. The maximum atomic E-state index is 5.71. The van der Waals surface area contributed by atoms with Crippen LogP contribution in [0.5, 0.6) is 17.2 Å². The van der Waals surface area contributed by atoms with Gasteiger partial charge in [-0.3, -0.25) is 0 Å². The normalized spacial score (nSPS) is 10.1. The van der Waals surface area contributed by atoms with E-state index in [1.54, 1.807) is 25.3 Å². The lowest BCUT2D eigenvalue weighted by Crippen LogP contribution is -2.14. The third-order valence-electron chi connectivity index (χ3n) is 3.08. The molecule has 0 fully saturated rings. The Labute approximate surface area is 135 Å². The number of nitrogens with two attached hydrogens (primary N) is 1. The Morgan fingerprint density at radius 3 is 2.27 bits per heavy atom. The van der Waals surface area contributed by atoms with Gasteiger partial charge in [0.25, 0.3) is 0 Å². The molecule has 2 aromatic rings. The fraction of sp³-hybridized carbons (Fsp3) is 0.235. The summed E-state index contributed by atoms with van der Waals surface area (Å²) in [6.45, 7) is 2.85. The smallest absolute Gasteiger partial charge is 0.133 e. The van der Waals surface area contributed by atoms with Crippen LogP contribution in [-0.2, 0) is 0 Å². The highest BCUT2D eigenvalue weighted by atomic mass is 32.1. The Kier molecular flexibility index (Phi) is 5.61. The molecule has 116 valence electrons. The second-order valence-electron chi connectivity index (χ2n) is 4.74. The highest BCUT2D eigenvalue weighted by molar-refractivity contribution is 7.80. The van der Waals surface area contributed by atoms with Crippen molar-refractivity contribution in [1.29, 1.82) is 0 Å². The summed E-state index contributed by atoms with van der Waals surface area (Å²) >= 11 is 5.02. The average Bonchev–Trinajstić information content (AvgIpc) is 2.52. The van der Waals surface area contributed by atoms with E-state index in [0.717, 1.165) is 5.75 Å². The quantitative estimate of drug-likeness (QED) is 0.628. The van der Waals surface area contributed by atoms with Crippen molar-refractivity contribution in [3.05, 3.63) is 53.6 Å². The fourth-order valence-corrected chi connectivity index (χ4v) is 2.07. The minimum atomic E-state index is 0.289. The summed E-state index contributed by atoms with van der Waals surface area (Å²) in [5, 5.41) is 0. The number of rotatable bonds is 7. The summed E-state index contributed by atoms with van der Waals surface area (Å²) in [5.41, 5.74) is 7.58. The third-order valence-corrected chi connectivity index (χ3v) is 3.30. The number of methoxy groups -OCH3 is 1. The van der Waals surface area contributed by atoms with Gasteiger partial charge >= 0.3 is 0 Å². The Balaban J connectivity index is 1.93. The molecule has 4 nitrogen and oxygen atoms in total. The van der Waals surface area contributed by atoms with Gasteiger partial charge in [0, 0.05) is 6.07 Å². The first-order valence-electron chi connectivity index (χ1n) is 6.90. The molecule has 0 spiro atoms. The fourth-order valence-electron chi connectivity index (χ4n) is 1.90. The maximum absolute atomic E-state index is 5.71. The van der Waals surface area contributed by atoms with Crippen LogP contribution in [0.4, 0.5) is 0 Å². The Bertz CT molecular complexity index is 641. The van der Waals surface area contributed by atoms with Gasteiger partial charge in [0.15, 0.2) is 0 Å². The van der Waals surface area contributed by atoms with Crippen LogP contribution in [0.3, 0.4) is 0 Å². The van der Waals surface area contributed by atoms with Gasteiger partial charge in [-0.2, -0.15) is 0 Å². The molecule has 22 heavy (non-hydrogen) atoms. The zero-order valence-electron chi connectivity index (χ0n) is 12.7. The van der Waals surface area contributed by atoms with Crippen molar-refractivity contribution in [3.63, 3.8) is 0 Å². The number of benzene rings is 2. The highest BCUT2D eigenvalue weighted by Crippen LogP contribution is 2.24. The summed E-state index contributed by atoms with van der Waals surface area (Å²) in [6.07, 6.45) is 0. The molecular formula is C17H19NO3S. The monoisotopic (exact) mass is 317 g/mol. The van der Waals surface area contributed by atoms with Crippen LogP contribution < -0.4 is 19.9 Å². The molecule has 2 aromatic carbocycles. The number of ether oxygens (including phenoxy) is 3. The predicted molar refractivity (Wildman–Crippen MR) is 91.1 cm³/mol. The van der Waals surface area contributed by atoms with E-state index < -0.39 is 0 Å². The van der Waals surface area contributed by atoms with E-state index in [9.17, 15) is 0 Å². The molecular weight excluding hydrogens is 298 g/mol. The second-order valence-corrected chi connectivity index (χ2v) is 5.18. The molecule has 0 unspecified atom stereocenters. The van der Waals surface area contributed by atoms with Gasteiger partial charge in [-0.1, -0.05) is 29.9 Å². The molecule has 0 radical (unpaired) electrons. The van der Waals surface area contributed by atoms with Crippen molar-refractivity contribution in [2.75, 3.05) is 20.3 Å². The minimum Gasteiger partial charge on any atom is -0.497 e. The summed E-state index contributed by atoms with van der Waals surface area (Å²) in [6, 6.07) is 13.2. The predicted octanol–water partition coefficient (Wildman–Crippen LogP) is 3.10. The van der Waals surface area contributed by atoms with Gasteiger partial charge in [0.1, 0.15) is 35.5 Å². The Morgan fingerprint density at radius 2 is 1.64 bits per heavy atom. The summed E-state index contributed by atoms with van der Waals surface area (Å²) in [5.74, 6) is 2.10. The minimum absolute atomic E-state index is 0.289. The maximum Gasteiger partial charge on any atom is 0.133 e. The first-order chi connectivity index (χ1) is 10.6. The van der Waals surface area contributed by atoms with Crippen LogP contribution in [-0.4, -0.2) is 25.3 Å². The molecule has 0 heterocycles. The SMILES string of the molecule is COc1ccc(C(N)=S)c(OCCOc2ccc(C)cc2)c1. The topological polar surface area (TPSA) is 53.7 Å². The van der Waals surface area contributed by atoms with Gasteiger partial charge in [0.2, 0.25) is 0 Å². The largest absolute Gasteiger partial charge is 0.497 e. The van der Waals surface area contributed by atoms with E-state index >= 15 is 0 Å². The van der Waals surface area contributed by atoms with E-state index in [0.29, 0.717) is 30.3 Å². The van der Waals surface area contributed by atoms with Crippen LogP contribution >= 0.6 is 12.2 Å². The molecule has 0 aliphatic carbocycles. The van der Waals surface area contributed by atoms with Crippen LogP contribution in [0.2, 0.25) is 0 Å². The van der Waals surface area contributed by atoms with E-state index in [4.69, 9.17) is 32.2 Å². The highest BCUT2D eigenvalue weighted by Gasteiger charge is 2.08. The van der Waals surface area contributed by atoms with E-state index in [1.165, 1.54) is 5.56 Å². The van der Waals surface area contributed by atoms with Gasteiger partial charge in [-0.05, 0) is 31.2 Å². The standard InChI is InChI=1S/C17H19NO3S/c1-12-3-5-13(6-4-12)20-9-10-21-16-11-14(19-2)7-8-15(16)17(18)22/h3-8,11H,9-10H2,1-2H3,(H2,18,22). The molecule has 2 rings (SSSR count). The van der Waals surface area contributed by atoms with Crippen LogP contribution in [0.25, 0.3) is 0 Å². The van der Waals surface area contributed by atoms with Crippen LogP contribution in [0, 0.1) is 6.92 Å². The molecule has 0 aliphatic rings. The number of hydrogen-bond acceptors (Lipinski definition) is 4. The second kappa shape index (κ2) is 7.66. The van der Waals surface area contributed by atoms with Crippen molar-refractivity contribution in [2.24, 2.45) is 5.73 Å². The molecule has 0 saturated carbocycles. The molecule has 0 atom stereocenters. The van der Waals surface area contributed by atoms with E-state index in [-0.39, 0.29) is 4.99 Å². The van der Waals surface area contributed by atoms with Crippen LogP contribution in [0.15, 0.2) is 42.5 Å². The van der Waals surface area contributed by atoms with Crippen molar-refractivity contribution in [2.45, 2.75) is 6.92 Å². The lowest BCUT2D eigenvalue weighted by atomic mass is 10.2. The molecule has 2 N–H and O–H groups in total. The molecule has 0 bridgehead atoms. The summed E-state index contributed by atoms with van der Waals surface area (Å²) in [4.78, 5) is 0.289. The van der Waals surface area contributed by atoms with Gasteiger partial charge < -0.3 is 19.9 Å². The van der Waals surface area contributed by atoms with Crippen molar-refractivity contribution < 1.29 is 14.2 Å². The van der Waals surface area contributed by atoms with Gasteiger partial charge in [-0.25, -0.2) is 0 Å². The zero-order valence-corrected chi connectivity index (χ0v) is 13.5. The summed E-state index contributed by atoms with van der Waals surface area (Å²) in [7, 11) is 1.60. The lowest BCUT2D eigenvalue weighted by Gasteiger charge is -2.13. The summed E-state index contributed by atoms with van der Waals surface area (Å²) < 4.78 is 16.5. The van der Waals surface area contributed by atoms with Crippen LogP contribution in [0.1, 0.15) is 11.1 Å². The number of hydrogen-bond donors (Lipinski definition) is 1. The molecule has 0 saturated heterocycles. The molecule has 0 aromatic heterocycles. The van der Waals surface area contributed by atoms with Crippen molar-refractivity contribution in [1.82, 2.24) is 0 Å². The lowest BCUT2D eigenvalue weighted by molar-refractivity contribution is 0.216. The van der Waals surface area contributed by atoms with E-state index in [1.807, 2.05) is 31.2 Å². The first kappa shape index (κ1) is 16.1. The number of aryl methyl sites for hydroxylation is 1. The molecule has 5 heteroatoms. The Hall–Kier alpha value is -2.27.